The third kappa shape index (κ3) is 9.39. The zero-order valence-corrected chi connectivity index (χ0v) is 30.8. The van der Waals surface area contributed by atoms with Crippen LogP contribution in [0.25, 0.3) is 10.8 Å². The Bertz CT molecular complexity index is 1840. The Morgan fingerprint density at radius 1 is 1.04 bits per heavy atom. The van der Waals surface area contributed by atoms with E-state index >= 15 is 0 Å². The molecular weight excluding hydrogens is 664 g/mol. The van der Waals surface area contributed by atoms with E-state index in [2.05, 4.69) is 21.1 Å². The number of nitrogens with one attached hydrogen (secondary N) is 3. The van der Waals surface area contributed by atoms with Crippen molar-refractivity contribution in [3.63, 3.8) is 0 Å². The summed E-state index contributed by atoms with van der Waals surface area (Å²) in [4.78, 5) is 44.1. The zero-order valence-electron chi connectivity index (χ0n) is 30.8. The molecule has 2 heterocycles. The van der Waals surface area contributed by atoms with E-state index in [9.17, 15) is 19.5 Å². The van der Waals surface area contributed by atoms with E-state index in [1.54, 1.807) is 55.8 Å². The molecule has 13 heteroatoms. The average molecular weight is 715 g/mol. The average Bonchev–Trinajstić information content (AvgIpc) is 3.44. The van der Waals surface area contributed by atoms with E-state index in [-0.39, 0.29) is 49.2 Å². The largest absolute Gasteiger partial charge is 0.490 e. The fourth-order valence-electron chi connectivity index (χ4n) is 6.30. The molecule has 0 saturated heterocycles. The van der Waals surface area contributed by atoms with Gasteiger partial charge in [-0.05, 0) is 76.6 Å². The molecule has 0 unspecified atom stereocenters. The van der Waals surface area contributed by atoms with Crippen LogP contribution in [0.1, 0.15) is 61.8 Å². The number of likely N-dealkylation sites (N-methyl/N-ethyl adjacent to an activating group) is 1. The van der Waals surface area contributed by atoms with E-state index in [0.29, 0.717) is 40.9 Å². The molecule has 4 aromatic rings. The molecule has 52 heavy (non-hydrogen) atoms. The number of urea groups is 2. The van der Waals surface area contributed by atoms with Gasteiger partial charge < -0.3 is 44.9 Å². The number of aromatic nitrogens is 1. The quantitative estimate of drug-likeness (QED) is 0.159. The lowest BCUT2D eigenvalue weighted by Gasteiger charge is -2.35. The first-order valence-electron chi connectivity index (χ1n) is 17.8. The summed E-state index contributed by atoms with van der Waals surface area (Å²) in [5.41, 5.74) is 2.42. The van der Waals surface area contributed by atoms with Gasteiger partial charge in [0.1, 0.15) is 17.1 Å². The Kier molecular flexibility index (Phi) is 12.7. The van der Waals surface area contributed by atoms with Gasteiger partial charge in [0.15, 0.2) is 5.76 Å². The van der Waals surface area contributed by atoms with Gasteiger partial charge in [0.2, 0.25) is 0 Å². The van der Waals surface area contributed by atoms with Crippen LogP contribution in [-0.2, 0) is 4.74 Å². The highest BCUT2D eigenvalue weighted by molar-refractivity contribution is 6.07. The lowest BCUT2D eigenvalue weighted by Crippen LogP contribution is -2.48. The van der Waals surface area contributed by atoms with Gasteiger partial charge in [0.25, 0.3) is 5.91 Å². The Morgan fingerprint density at radius 2 is 1.81 bits per heavy atom. The van der Waals surface area contributed by atoms with Crippen molar-refractivity contribution in [1.82, 2.24) is 15.0 Å². The van der Waals surface area contributed by atoms with Crippen molar-refractivity contribution in [2.24, 2.45) is 5.92 Å². The topological polar surface area (TPSA) is 158 Å². The number of hydrogen-bond acceptors (Lipinski definition) is 8. The van der Waals surface area contributed by atoms with Gasteiger partial charge in [0.05, 0.1) is 36.1 Å². The number of aliphatic hydroxyl groups is 1. The van der Waals surface area contributed by atoms with Crippen molar-refractivity contribution in [1.29, 1.82) is 0 Å². The second-order valence-electron chi connectivity index (χ2n) is 13.6. The van der Waals surface area contributed by atoms with Crippen molar-refractivity contribution >= 4 is 45.8 Å². The van der Waals surface area contributed by atoms with Gasteiger partial charge in [-0.2, -0.15) is 0 Å². The second kappa shape index (κ2) is 17.4. The normalized spacial score (nSPS) is 19.2. The van der Waals surface area contributed by atoms with E-state index in [1.165, 1.54) is 0 Å². The smallest absolute Gasteiger partial charge is 0.323 e. The molecule has 1 aliphatic heterocycles. The summed E-state index contributed by atoms with van der Waals surface area (Å²) in [5, 5.41) is 24.8. The standard InChI is InChI=1S/C39H50N6O7/c1-24-21-45(25(2)23-46)37(47)32-20-30(40-38(48)41-33-16-11-14-29-13-7-8-15-31(29)33)17-18-34(32)51-26(3)12-9-10-19-50-35(24)22-44(6)39(49)42-36-27(4)43-52-28(36)5/h7-8,11,13-18,20,24-26,35,46H,9-10,12,19,21-23H2,1-6H3,(H,42,49)(H2,40,41,48)/t24-,25+,26+,35+/m1/s1. The minimum absolute atomic E-state index is 0.208. The maximum atomic E-state index is 14.5. The predicted octanol–water partition coefficient (Wildman–Crippen LogP) is 7.05. The van der Waals surface area contributed by atoms with Crippen molar-refractivity contribution in [2.45, 2.75) is 72.1 Å². The molecule has 0 aliphatic carbocycles. The highest BCUT2D eigenvalue weighted by Gasteiger charge is 2.31. The predicted molar refractivity (Wildman–Crippen MR) is 201 cm³/mol. The first-order chi connectivity index (χ1) is 24.9. The van der Waals surface area contributed by atoms with Crippen LogP contribution in [0.5, 0.6) is 5.75 Å². The lowest BCUT2D eigenvalue weighted by molar-refractivity contribution is -0.0115. The Labute approximate surface area is 304 Å². The maximum Gasteiger partial charge on any atom is 0.323 e. The summed E-state index contributed by atoms with van der Waals surface area (Å²) in [5.74, 6) is 0.289. The first kappa shape index (κ1) is 38.1. The van der Waals surface area contributed by atoms with Crippen LogP contribution in [0.4, 0.5) is 26.7 Å². The molecule has 1 aliphatic rings. The van der Waals surface area contributed by atoms with Crippen LogP contribution in [0, 0.1) is 19.8 Å². The minimum Gasteiger partial charge on any atom is -0.490 e. The minimum atomic E-state index is -0.555. The second-order valence-corrected chi connectivity index (χ2v) is 13.6. The molecule has 1 aromatic heterocycles. The highest BCUT2D eigenvalue weighted by Crippen LogP contribution is 2.29. The molecule has 4 N–H and O–H groups in total. The molecule has 4 atom stereocenters. The van der Waals surface area contributed by atoms with E-state index in [1.807, 2.05) is 56.3 Å². The summed E-state index contributed by atoms with van der Waals surface area (Å²) in [6.07, 6.45) is 1.70. The molecule has 0 saturated carbocycles. The molecule has 0 fully saturated rings. The Hall–Kier alpha value is -5.14. The SMILES string of the molecule is Cc1noc(C)c1NC(=O)N(C)C[C@@H]1OCCCC[C@H](C)Oc2ccc(NC(=O)Nc3cccc4ccccc34)cc2C(=O)N([C@@H](C)CO)C[C@H]1C. The number of rotatable bonds is 7. The van der Waals surface area contributed by atoms with E-state index in [0.717, 1.165) is 30.0 Å². The fraction of sp³-hybridized carbons (Fsp3) is 0.436. The van der Waals surface area contributed by atoms with Gasteiger partial charge in [-0.3, -0.25) is 4.79 Å². The number of nitrogens with zero attached hydrogens (tertiary/aromatic N) is 3. The summed E-state index contributed by atoms with van der Waals surface area (Å²) in [7, 11) is 1.69. The number of benzene rings is 3. The van der Waals surface area contributed by atoms with Crippen LogP contribution in [0.3, 0.4) is 0 Å². The van der Waals surface area contributed by atoms with E-state index in [4.69, 9.17) is 14.0 Å². The van der Waals surface area contributed by atoms with Crippen molar-refractivity contribution < 1.29 is 33.5 Å². The highest BCUT2D eigenvalue weighted by atomic mass is 16.5. The van der Waals surface area contributed by atoms with E-state index < -0.39 is 18.2 Å². The first-order valence-corrected chi connectivity index (χ1v) is 17.8. The molecule has 5 rings (SSSR count). The molecule has 3 aromatic carbocycles. The molecule has 0 bridgehead atoms. The number of ether oxygens (including phenoxy) is 2. The van der Waals surface area contributed by atoms with Gasteiger partial charge in [-0.25, -0.2) is 9.59 Å². The number of carbonyl (C=O) groups excluding carboxylic acids is 3. The number of carbonyl (C=O) groups is 3. The third-order valence-electron chi connectivity index (χ3n) is 9.41. The third-order valence-corrected chi connectivity index (χ3v) is 9.41. The lowest BCUT2D eigenvalue weighted by atomic mass is 10.0. The molecule has 278 valence electrons. The van der Waals surface area contributed by atoms with Crippen LogP contribution >= 0.6 is 0 Å². The van der Waals surface area contributed by atoms with Crippen molar-refractivity contribution in [3.05, 3.63) is 77.7 Å². The Balaban J connectivity index is 1.38. The summed E-state index contributed by atoms with van der Waals surface area (Å²) < 4.78 is 17.9. The van der Waals surface area contributed by atoms with Crippen molar-refractivity contribution in [3.8, 4) is 5.75 Å². The van der Waals surface area contributed by atoms with Gasteiger partial charge in [-0.1, -0.05) is 48.5 Å². The number of aryl methyl sites for hydroxylation is 2. The number of anilines is 3. The number of amides is 5. The van der Waals surface area contributed by atoms with Crippen LogP contribution in [0.15, 0.2) is 65.2 Å². The van der Waals surface area contributed by atoms with Crippen molar-refractivity contribution in [2.75, 3.05) is 49.3 Å². The van der Waals surface area contributed by atoms with Gasteiger partial charge >= 0.3 is 12.1 Å². The number of hydrogen-bond donors (Lipinski definition) is 4. The molecule has 5 amide bonds. The number of aliphatic hydroxyl groups excluding tert-OH is 1. The monoisotopic (exact) mass is 714 g/mol. The maximum absolute atomic E-state index is 14.5. The van der Waals surface area contributed by atoms with Crippen LogP contribution < -0.4 is 20.7 Å². The molecular formula is C39H50N6O7. The zero-order chi connectivity index (χ0) is 37.4. The number of fused-ring (bicyclic) bond motifs is 2. The summed E-state index contributed by atoms with van der Waals surface area (Å²) in [6.45, 7) is 9.85. The Morgan fingerprint density at radius 3 is 2.56 bits per heavy atom. The summed E-state index contributed by atoms with van der Waals surface area (Å²) in [6, 6.07) is 17.1. The fourth-order valence-corrected chi connectivity index (χ4v) is 6.30. The van der Waals surface area contributed by atoms with Gasteiger partial charge in [-0.15, -0.1) is 0 Å². The molecule has 13 nitrogen and oxygen atoms in total. The van der Waals surface area contributed by atoms with Gasteiger partial charge in [0, 0.05) is 43.7 Å². The van der Waals surface area contributed by atoms with Crippen LogP contribution in [-0.4, -0.2) is 89.6 Å². The summed E-state index contributed by atoms with van der Waals surface area (Å²) >= 11 is 0. The molecule has 0 radical (unpaired) electrons. The van der Waals surface area contributed by atoms with Crippen LogP contribution in [0.2, 0.25) is 0 Å². The molecule has 0 spiro atoms.